The van der Waals surface area contributed by atoms with Gasteiger partial charge in [0.2, 0.25) is 0 Å². The highest BCUT2D eigenvalue weighted by atomic mass is 16.3. The second-order valence-corrected chi connectivity index (χ2v) is 3.96. The highest BCUT2D eigenvalue weighted by Gasteiger charge is 2.26. The van der Waals surface area contributed by atoms with Gasteiger partial charge in [-0.3, -0.25) is 9.36 Å². The monoisotopic (exact) mass is 225 g/mol. The number of rotatable bonds is 3. The molecule has 3 N–H and O–H groups in total. The van der Waals surface area contributed by atoms with Crippen LogP contribution in [-0.4, -0.2) is 27.8 Å². The van der Waals surface area contributed by atoms with Gasteiger partial charge in [-0.05, 0) is 12.8 Å². The molecule has 0 fully saturated rings. The molecule has 6 nitrogen and oxygen atoms in total. The zero-order chi connectivity index (χ0) is 11.7. The molecule has 1 aliphatic carbocycles. The summed E-state index contributed by atoms with van der Waals surface area (Å²) in [6.07, 6.45) is 1.45. The smallest absolute Gasteiger partial charge is 0.328 e. The molecule has 0 spiro atoms. The average Bonchev–Trinajstić information content (AvgIpc) is 2.66. The molecule has 1 heterocycles. The molecule has 0 amide bonds. The molecule has 2 rings (SSSR count). The van der Waals surface area contributed by atoms with Gasteiger partial charge in [-0.15, -0.1) is 0 Å². The minimum Gasteiger partial charge on any atom is -0.395 e. The van der Waals surface area contributed by atoms with Crippen LogP contribution >= 0.6 is 0 Å². The van der Waals surface area contributed by atoms with Crippen molar-refractivity contribution in [1.82, 2.24) is 14.9 Å². The van der Waals surface area contributed by atoms with E-state index in [2.05, 4.69) is 10.3 Å². The van der Waals surface area contributed by atoms with Crippen LogP contribution in [0.3, 0.4) is 0 Å². The Morgan fingerprint density at radius 3 is 3.00 bits per heavy atom. The topological polar surface area (TPSA) is 87.1 Å². The molecular formula is C10H15N3O3. The molecule has 0 saturated carbocycles. The van der Waals surface area contributed by atoms with E-state index >= 15 is 0 Å². The zero-order valence-corrected chi connectivity index (χ0v) is 9.12. The third kappa shape index (κ3) is 1.70. The average molecular weight is 225 g/mol. The third-order valence-electron chi connectivity index (χ3n) is 2.97. The molecule has 0 radical (unpaired) electrons. The van der Waals surface area contributed by atoms with Crippen molar-refractivity contribution in [3.8, 4) is 0 Å². The minimum absolute atomic E-state index is 0.0243. The molecular weight excluding hydrogens is 210 g/mol. The summed E-state index contributed by atoms with van der Waals surface area (Å²) in [5.41, 5.74) is 0.757. The Balaban J connectivity index is 2.41. The molecule has 0 unspecified atom stereocenters. The van der Waals surface area contributed by atoms with E-state index in [-0.39, 0.29) is 23.9 Å². The normalized spacial score (nSPS) is 18.8. The van der Waals surface area contributed by atoms with Crippen LogP contribution in [0.1, 0.15) is 23.7 Å². The molecule has 16 heavy (non-hydrogen) atoms. The number of aromatic nitrogens is 2. The fraction of sp³-hybridized carbons (Fsp3) is 0.600. The Kier molecular flexibility index (Phi) is 2.93. The molecule has 1 aromatic heterocycles. The van der Waals surface area contributed by atoms with Gasteiger partial charge in [-0.25, -0.2) is 4.79 Å². The number of hydrogen-bond donors (Lipinski definition) is 3. The number of fused-ring (bicyclic) bond motifs is 1. The van der Waals surface area contributed by atoms with Crippen molar-refractivity contribution in [3.63, 3.8) is 0 Å². The predicted octanol–water partition coefficient (Wildman–Crippen LogP) is -1.36. The van der Waals surface area contributed by atoms with E-state index in [4.69, 9.17) is 5.11 Å². The Bertz CT molecular complexity index is 503. The minimum atomic E-state index is -0.388. The van der Waals surface area contributed by atoms with Crippen LogP contribution in [-0.2, 0) is 13.5 Å². The van der Waals surface area contributed by atoms with Gasteiger partial charge in [0.1, 0.15) is 0 Å². The Hall–Kier alpha value is -1.40. The lowest BCUT2D eigenvalue weighted by molar-refractivity contribution is 0.283. The molecule has 6 heteroatoms. The van der Waals surface area contributed by atoms with Crippen LogP contribution in [0.5, 0.6) is 0 Å². The molecule has 0 bridgehead atoms. The van der Waals surface area contributed by atoms with Crippen LogP contribution < -0.4 is 16.6 Å². The van der Waals surface area contributed by atoms with E-state index in [1.165, 1.54) is 7.05 Å². The summed E-state index contributed by atoms with van der Waals surface area (Å²) in [4.78, 5) is 25.9. The summed E-state index contributed by atoms with van der Waals surface area (Å²) in [5.74, 6) is 0. The van der Waals surface area contributed by atoms with Crippen molar-refractivity contribution in [2.75, 3.05) is 13.2 Å². The lowest BCUT2D eigenvalue weighted by Gasteiger charge is -2.12. The van der Waals surface area contributed by atoms with E-state index in [9.17, 15) is 9.59 Å². The van der Waals surface area contributed by atoms with E-state index in [0.717, 1.165) is 11.0 Å². The van der Waals surface area contributed by atoms with Crippen LogP contribution in [0.15, 0.2) is 9.59 Å². The number of aliphatic hydroxyl groups excluding tert-OH is 1. The maximum atomic E-state index is 11.8. The van der Waals surface area contributed by atoms with Crippen molar-refractivity contribution >= 4 is 0 Å². The molecule has 1 aliphatic rings. The summed E-state index contributed by atoms with van der Waals surface area (Å²) in [6, 6.07) is -0.0243. The SMILES string of the molecule is Cn1c(=O)[nH]c2c(c1=O)CC[C@H]2NCCO. The summed E-state index contributed by atoms with van der Waals surface area (Å²) < 4.78 is 1.09. The quantitative estimate of drug-likeness (QED) is 0.593. The van der Waals surface area contributed by atoms with Crippen LogP contribution in [0.25, 0.3) is 0 Å². The van der Waals surface area contributed by atoms with Gasteiger partial charge in [0.25, 0.3) is 5.56 Å². The number of nitrogens with one attached hydrogen (secondary N) is 2. The highest BCUT2D eigenvalue weighted by molar-refractivity contribution is 5.25. The Morgan fingerprint density at radius 2 is 2.31 bits per heavy atom. The first kappa shape index (κ1) is 11.1. The molecule has 0 aromatic carbocycles. The number of aliphatic hydroxyl groups is 1. The summed E-state index contributed by atoms with van der Waals surface area (Å²) in [5, 5.41) is 11.8. The maximum absolute atomic E-state index is 11.8. The molecule has 88 valence electrons. The number of nitrogens with zero attached hydrogens (tertiary/aromatic N) is 1. The van der Waals surface area contributed by atoms with Gasteiger partial charge in [0.15, 0.2) is 0 Å². The standard InChI is InChI=1S/C10H15N3O3/c1-13-9(15)6-2-3-7(11-4-5-14)8(6)12-10(13)16/h7,11,14H,2-5H2,1H3,(H,12,16)/t7-/m1/s1. The first-order valence-electron chi connectivity index (χ1n) is 5.31. The fourth-order valence-corrected chi connectivity index (χ4v) is 2.10. The predicted molar refractivity (Wildman–Crippen MR) is 58.5 cm³/mol. The van der Waals surface area contributed by atoms with Crippen LogP contribution in [0.4, 0.5) is 0 Å². The van der Waals surface area contributed by atoms with Crippen molar-refractivity contribution in [3.05, 3.63) is 32.1 Å². The number of H-pyrrole nitrogens is 1. The van der Waals surface area contributed by atoms with Gasteiger partial charge in [-0.2, -0.15) is 0 Å². The lowest BCUT2D eigenvalue weighted by atomic mass is 10.2. The second-order valence-electron chi connectivity index (χ2n) is 3.96. The number of hydrogen-bond acceptors (Lipinski definition) is 4. The zero-order valence-electron chi connectivity index (χ0n) is 9.12. The maximum Gasteiger partial charge on any atom is 0.328 e. The van der Waals surface area contributed by atoms with Crippen molar-refractivity contribution < 1.29 is 5.11 Å². The highest BCUT2D eigenvalue weighted by Crippen LogP contribution is 2.25. The van der Waals surface area contributed by atoms with Crippen molar-refractivity contribution in [1.29, 1.82) is 0 Å². The second kappa shape index (κ2) is 4.23. The van der Waals surface area contributed by atoms with Crippen LogP contribution in [0, 0.1) is 0 Å². The van der Waals surface area contributed by atoms with E-state index in [0.29, 0.717) is 24.2 Å². The number of aromatic amines is 1. The molecule has 1 atom stereocenters. The lowest BCUT2D eigenvalue weighted by Crippen LogP contribution is -2.36. The van der Waals surface area contributed by atoms with Gasteiger partial charge in [0.05, 0.1) is 6.61 Å². The van der Waals surface area contributed by atoms with E-state index in [1.807, 2.05) is 0 Å². The molecule has 0 aliphatic heterocycles. The fourth-order valence-electron chi connectivity index (χ4n) is 2.10. The van der Waals surface area contributed by atoms with E-state index in [1.54, 1.807) is 0 Å². The van der Waals surface area contributed by atoms with Gasteiger partial charge < -0.3 is 15.4 Å². The largest absolute Gasteiger partial charge is 0.395 e. The third-order valence-corrected chi connectivity index (χ3v) is 2.97. The first-order valence-corrected chi connectivity index (χ1v) is 5.31. The molecule has 0 saturated heterocycles. The first-order chi connectivity index (χ1) is 7.65. The Morgan fingerprint density at radius 1 is 1.56 bits per heavy atom. The van der Waals surface area contributed by atoms with Gasteiger partial charge >= 0.3 is 5.69 Å². The summed E-state index contributed by atoms with van der Waals surface area (Å²) in [7, 11) is 1.47. The van der Waals surface area contributed by atoms with Crippen molar-refractivity contribution in [2.45, 2.75) is 18.9 Å². The summed E-state index contributed by atoms with van der Waals surface area (Å²) >= 11 is 0. The van der Waals surface area contributed by atoms with Gasteiger partial charge in [-0.1, -0.05) is 0 Å². The summed E-state index contributed by atoms with van der Waals surface area (Å²) in [6.45, 7) is 0.502. The van der Waals surface area contributed by atoms with Gasteiger partial charge in [0, 0.05) is 30.9 Å². The molecule has 1 aromatic rings. The van der Waals surface area contributed by atoms with Crippen LogP contribution in [0.2, 0.25) is 0 Å². The Labute approximate surface area is 91.9 Å². The van der Waals surface area contributed by atoms with Crippen molar-refractivity contribution in [2.24, 2.45) is 7.05 Å². The van der Waals surface area contributed by atoms with E-state index < -0.39 is 0 Å².